The fraction of sp³-hybridized carbons (Fsp3) is 0.214. The first-order valence-corrected chi connectivity index (χ1v) is 6.61. The number of aryl methyl sites for hydroxylation is 1. The van der Waals surface area contributed by atoms with Gasteiger partial charge in [0.05, 0.1) is 22.8 Å². The third-order valence-corrected chi connectivity index (χ3v) is 3.02. The van der Waals surface area contributed by atoms with Crippen molar-refractivity contribution in [2.24, 2.45) is 0 Å². The molecule has 2 rings (SSSR count). The lowest BCUT2D eigenvalue weighted by Crippen LogP contribution is -2.10. The first-order chi connectivity index (χ1) is 10.8. The van der Waals surface area contributed by atoms with Gasteiger partial charge in [-0.2, -0.15) is 5.10 Å². The Kier molecular flexibility index (Phi) is 4.39. The summed E-state index contributed by atoms with van der Waals surface area (Å²) in [6.45, 7) is 3.46. The molecular weight excluding hydrogens is 306 g/mol. The Morgan fingerprint density at radius 3 is 2.65 bits per heavy atom. The number of hydrogen-bond donors (Lipinski definition) is 1. The molecule has 0 fully saturated rings. The van der Waals surface area contributed by atoms with Crippen molar-refractivity contribution < 1.29 is 24.4 Å². The maximum Gasteiger partial charge on any atom is 0.358 e. The van der Waals surface area contributed by atoms with Crippen molar-refractivity contribution in [1.29, 1.82) is 0 Å². The summed E-state index contributed by atoms with van der Waals surface area (Å²) >= 11 is 0. The number of hydrogen-bond acceptors (Lipinski definition) is 6. The number of benzene rings is 1. The minimum Gasteiger partial charge on any atom is -0.478 e. The average Bonchev–Trinajstić information content (AvgIpc) is 2.88. The zero-order valence-corrected chi connectivity index (χ0v) is 12.3. The average molecular weight is 319 g/mol. The van der Waals surface area contributed by atoms with E-state index < -0.39 is 16.9 Å². The zero-order chi connectivity index (χ0) is 17.1. The van der Waals surface area contributed by atoms with Crippen LogP contribution in [0.25, 0.3) is 5.69 Å². The Bertz CT molecular complexity index is 796. The Balaban J connectivity index is 2.56. The summed E-state index contributed by atoms with van der Waals surface area (Å²) in [7, 11) is 0. The lowest BCUT2D eigenvalue weighted by Gasteiger charge is -2.08. The molecule has 0 saturated heterocycles. The molecule has 0 atom stereocenters. The van der Waals surface area contributed by atoms with Gasteiger partial charge in [0.1, 0.15) is 0 Å². The van der Waals surface area contributed by atoms with E-state index in [-0.39, 0.29) is 29.2 Å². The van der Waals surface area contributed by atoms with Gasteiger partial charge in [-0.05, 0) is 26.0 Å². The fourth-order valence-corrected chi connectivity index (χ4v) is 2.02. The predicted molar refractivity (Wildman–Crippen MR) is 77.9 cm³/mol. The van der Waals surface area contributed by atoms with Gasteiger partial charge in [0.25, 0.3) is 5.69 Å². The minimum atomic E-state index is -1.34. The molecule has 0 saturated carbocycles. The van der Waals surface area contributed by atoms with Gasteiger partial charge in [0.15, 0.2) is 5.69 Å². The Labute approximate surface area is 130 Å². The van der Waals surface area contributed by atoms with Crippen LogP contribution < -0.4 is 0 Å². The second-order valence-corrected chi connectivity index (χ2v) is 4.57. The van der Waals surface area contributed by atoms with Crippen molar-refractivity contribution in [3.05, 3.63) is 51.3 Å². The number of aromatic carboxylic acids is 1. The summed E-state index contributed by atoms with van der Waals surface area (Å²) in [5, 5.41) is 24.1. The highest BCUT2D eigenvalue weighted by atomic mass is 16.6. The second-order valence-electron chi connectivity index (χ2n) is 4.57. The van der Waals surface area contributed by atoms with E-state index in [0.29, 0.717) is 5.69 Å². The maximum absolute atomic E-state index is 11.7. The number of carboxylic acids is 1. The van der Waals surface area contributed by atoms with Crippen LogP contribution in [0.4, 0.5) is 5.69 Å². The van der Waals surface area contributed by atoms with Crippen molar-refractivity contribution in [3.63, 3.8) is 0 Å². The summed E-state index contributed by atoms with van der Waals surface area (Å²) in [4.78, 5) is 33.2. The molecule has 0 bridgehead atoms. The molecule has 1 heterocycles. The lowest BCUT2D eigenvalue weighted by molar-refractivity contribution is -0.384. The fourth-order valence-electron chi connectivity index (χ4n) is 2.02. The molecule has 1 aromatic heterocycles. The van der Waals surface area contributed by atoms with E-state index in [9.17, 15) is 24.8 Å². The van der Waals surface area contributed by atoms with Crippen LogP contribution in [0.2, 0.25) is 0 Å². The molecule has 120 valence electrons. The maximum atomic E-state index is 11.7. The van der Waals surface area contributed by atoms with E-state index in [1.807, 2.05) is 0 Å². The number of nitro benzene ring substituents is 1. The quantitative estimate of drug-likeness (QED) is 0.507. The Morgan fingerprint density at radius 2 is 2.09 bits per heavy atom. The van der Waals surface area contributed by atoms with E-state index in [1.54, 1.807) is 13.8 Å². The van der Waals surface area contributed by atoms with Crippen molar-refractivity contribution in [2.75, 3.05) is 6.61 Å². The van der Waals surface area contributed by atoms with E-state index >= 15 is 0 Å². The molecule has 0 spiro atoms. The number of carbonyl (C=O) groups is 2. The third-order valence-electron chi connectivity index (χ3n) is 3.02. The molecule has 9 heteroatoms. The molecule has 23 heavy (non-hydrogen) atoms. The highest BCUT2D eigenvalue weighted by Gasteiger charge is 2.21. The molecule has 1 aromatic carbocycles. The normalized spacial score (nSPS) is 10.3. The van der Waals surface area contributed by atoms with E-state index in [0.717, 1.165) is 6.07 Å². The monoisotopic (exact) mass is 319 g/mol. The number of carbonyl (C=O) groups excluding carboxylic acids is 1. The number of aromatic nitrogens is 2. The molecule has 0 radical (unpaired) electrons. The molecule has 0 aliphatic rings. The Hall–Kier alpha value is -3.23. The molecule has 9 nitrogen and oxygen atoms in total. The summed E-state index contributed by atoms with van der Waals surface area (Å²) in [6, 6.07) is 4.84. The molecule has 2 aromatic rings. The number of esters is 1. The van der Waals surface area contributed by atoms with Crippen LogP contribution in [-0.2, 0) is 4.74 Å². The van der Waals surface area contributed by atoms with Gasteiger partial charge in [-0.25, -0.2) is 14.3 Å². The van der Waals surface area contributed by atoms with Crippen molar-refractivity contribution in [1.82, 2.24) is 9.78 Å². The van der Waals surface area contributed by atoms with Crippen molar-refractivity contribution in [2.45, 2.75) is 13.8 Å². The number of non-ortho nitro benzene ring substituents is 1. The van der Waals surface area contributed by atoms with Gasteiger partial charge in [0, 0.05) is 17.8 Å². The van der Waals surface area contributed by atoms with Crippen LogP contribution in [0, 0.1) is 17.0 Å². The lowest BCUT2D eigenvalue weighted by atomic mass is 10.1. The van der Waals surface area contributed by atoms with Gasteiger partial charge < -0.3 is 9.84 Å². The van der Waals surface area contributed by atoms with Crippen LogP contribution in [0.5, 0.6) is 0 Å². The summed E-state index contributed by atoms with van der Waals surface area (Å²) in [5.74, 6) is -1.97. The second kappa shape index (κ2) is 6.26. The summed E-state index contributed by atoms with van der Waals surface area (Å²) < 4.78 is 6.08. The van der Waals surface area contributed by atoms with E-state index in [4.69, 9.17) is 4.74 Å². The summed E-state index contributed by atoms with van der Waals surface area (Å²) in [6.07, 6.45) is 0. The topological polar surface area (TPSA) is 125 Å². The number of rotatable bonds is 5. The van der Waals surface area contributed by atoms with Gasteiger partial charge in [-0.1, -0.05) is 0 Å². The van der Waals surface area contributed by atoms with Crippen molar-refractivity contribution >= 4 is 17.6 Å². The molecule has 0 amide bonds. The highest BCUT2D eigenvalue weighted by molar-refractivity contribution is 5.93. The number of nitrogens with zero attached hydrogens (tertiary/aromatic N) is 3. The van der Waals surface area contributed by atoms with Gasteiger partial charge in [-0.3, -0.25) is 10.1 Å². The predicted octanol–water partition coefficient (Wildman–Crippen LogP) is 1.96. The molecule has 0 unspecified atom stereocenters. The van der Waals surface area contributed by atoms with Gasteiger partial charge in [-0.15, -0.1) is 0 Å². The number of ether oxygens (including phenoxy) is 1. The number of nitro groups is 1. The number of carboxylic acid groups (broad SMARTS) is 1. The van der Waals surface area contributed by atoms with E-state index in [2.05, 4.69) is 5.10 Å². The molecule has 0 aliphatic carbocycles. The molecular formula is C14H13N3O6. The first-order valence-electron chi connectivity index (χ1n) is 6.61. The smallest absolute Gasteiger partial charge is 0.358 e. The zero-order valence-electron chi connectivity index (χ0n) is 12.3. The van der Waals surface area contributed by atoms with Crippen LogP contribution in [0.15, 0.2) is 24.3 Å². The Morgan fingerprint density at radius 1 is 1.39 bits per heavy atom. The standard InChI is InChI=1S/C14H13N3O6/c1-3-23-14(20)11-6-8(2)16(15-11)12-5-4-9(17(21)22)7-10(12)13(18)19/h4-7H,3H2,1-2H3,(H,18,19). The first kappa shape index (κ1) is 16.1. The van der Waals surface area contributed by atoms with Crippen LogP contribution >= 0.6 is 0 Å². The largest absolute Gasteiger partial charge is 0.478 e. The highest BCUT2D eigenvalue weighted by Crippen LogP contribution is 2.22. The molecule has 1 N–H and O–H groups in total. The van der Waals surface area contributed by atoms with E-state index in [1.165, 1.54) is 22.9 Å². The summed E-state index contributed by atoms with van der Waals surface area (Å²) in [5.41, 5.74) is 0.00183. The van der Waals surface area contributed by atoms with Crippen LogP contribution in [0.3, 0.4) is 0 Å². The minimum absolute atomic E-state index is 0.0269. The SMILES string of the molecule is CCOC(=O)c1cc(C)n(-c2ccc([N+](=O)[O-])cc2C(=O)O)n1. The third kappa shape index (κ3) is 3.18. The van der Waals surface area contributed by atoms with Crippen molar-refractivity contribution in [3.8, 4) is 5.69 Å². The molecule has 0 aliphatic heterocycles. The van der Waals surface area contributed by atoms with Crippen LogP contribution in [0.1, 0.15) is 33.5 Å². The van der Waals surface area contributed by atoms with Gasteiger partial charge in [0.2, 0.25) is 0 Å². The van der Waals surface area contributed by atoms with Crippen LogP contribution in [-0.4, -0.2) is 38.4 Å². The van der Waals surface area contributed by atoms with Gasteiger partial charge >= 0.3 is 11.9 Å².